The molecule has 0 saturated heterocycles. The second kappa shape index (κ2) is 14.7. The van der Waals surface area contributed by atoms with Gasteiger partial charge in [0, 0.05) is 33.7 Å². The van der Waals surface area contributed by atoms with Gasteiger partial charge in [0.2, 0.25) is 0 Å². The van der Waals surface area contributed by atoms with E-state index in [1.54, 1.807) is 0 Å². The lowest BCUT2D eigenvalue weighted by Crippen LogP contribution is -2.02. The van der Waals surface area contributed by atoms with E-state index < -0.39 is 0 Å². The van der Waals surface area contributed by atoms with Crippen molar-refractivity contribution >= 4 is 39.5 Å². The van der Waals surface area contributed by atoms with Crippen molar-refractivity contribution in [2.24, 2.45) is 0 Å². The lowest BCUT2D eigenvalue weighted by molar-refractivity contribution is -0.108. The lowest BCUT2D eigenvalue weighted by Gasteiger charge is -2.14. The first-order chi connectivity index (χ1) is 27.5. The molecule has 0 aromatic heterocycles. The van der Waals surface area contributed by atoms with Crippen molar-refractivity contribution in [3.8, 4) is 44.5 Å². The molecule has 0 radical (unpaired) electrons. The second-order valence-electron chi connectivity index (χ2n) is 14.1. The van der Waals surface area contributed by atoms with E-state index in [0.717, 1.165) is 89.3 Å². The van der Waals surface area contributed by atoms with Crippen LogP contribution in [0.4, 0.5) is 11.4 Å². The van der Waals surface area contributed by atoms with Gasteiger partial charge in [-0.2, -0.15) is 0 Å². The Morgan fingerprint density at radius 1 is 0.214 bits per heavy atom. The Morgan fingerprint density at radius 3 is 0.661 bits per heavy atom. The third kappa shape index (κ3) is 6.63. The Morgan fingerprint density at radius 2 is 0.411 bits per heavy atom. The average Bonchev–Trinajstić information content (AvgIpc) is 3.57. The van der Waals surface area contributed by atoms with Crippen LogP contribution in [0.3, 0.4) is 0 Å². The van der Waals surface area contributed by atoms with Crippen molar-refractivity contribution in [1.29, 1.82) is 0 Å². The summed E-state index contributed by atoms with van der Waals surface area (Å²) in [6, 6.07) is 70.3. The van der Waals surface area contributed by atoms with Crippen molar-refractivity contribution in [2.45, 2.75) is 0 Å². The monoisotopic (exact) mass is 718 g/mol. The number of nitrogens with two attached hydrogens (primary N) is 2. The van der Waals surface area contributed by atoms with Crippen LogP contribution in [0.5, 0.6) is 0 Å². The number of hydrogen-bond donors (Lipinski definition) is 2. The van der Waals surface area contributed by atoms with Crippen LogP contribution in [0.15, 0.2) is 206 Å². The van der Waals surface area contributed by atoms with Crippen LogP contribution in [-0.2, 0) is 4.79 Å². The maximum atomic E-state index is 15.0. The summed E-state index contributed by atoms with van der Waals surface area (Å²) in [5, 5.41) is 0. The summed E-state index contributed by atoms with van der Waals surface area (Å²) in [7, 11) is 0. The van der Waals surface area contributed by atoms with Crippen molar-refractivity contribution in [3.63, 3.8) is 0 Å². The minimum atomic E-state index is 0.0175. The highest BCUT2D eigenvalue weighted by Gasteiger charge is 2.35. The van der Waals surface area contributed by atoms with Crippen LogP contribution >= 0.6 is 0 Å². The average molecular weight is 719 g/mol. The maximum Gasteiger partial charge on any atom is 0.195 e. The highest BCUT2D eigenvalue weighted by Crippen LogP contribution is 2.50. The van der Waals surface area contributed by atoms with Gasteiger partial charge in [-0.1, -0.05) is 182 Å². The number of Topliss-reactive ketones (excluding diaryl/α,β-unsaturated/α-hetero) is 1. The number of rotatable bonds is 8. The Labute approximate surface area is 327 Å². The molecule has 1 aliphatic carbocycles. The minimum absolute atomic E-state index is 0.0175. The van der Waals surface area contributed by atoms with Gasteiger partial charge in [-0.05, 0) is 91.0 Å². The lowest BCUT2D eigenvalue weighted by atomic mass is 9.89. The van der Waals surface area contributed by atoms with E-state index in [-0.39, 0.29) is 5.78 Å². The molecule has 0 amide bonds. The van der Waals surface area contributed by atoms with Crippen LogP contribution in [-0.4, -0.2) is 5.78 Å². The summed E-state index contributed by atoms with van der Waals surface area (Å²) in [6.45, 7) is 0. The van der Waals surface area contributed by atoms with Crippen LogP contribution in [0.1, 0.15) is 22.3 Å². The molecule has 0 heterocycles. The fourth-order valence-electron chi connectivity index (χ4n) is 7.66. The minimum Gasteiger partial charge on any atom is -0.399 e. The molecule has 0 bridgehead atoms. The van der Waals surface area contributed by atoms with Crippen molar-refractivity contribution in [1.82, 2.24) is 0 Å². The SMILES string of the molecule is Nc1ccc(-c2ccc(-c3ccc(C4=C(c5ccccc5)C(c5ccccc5)=C(c5ccc(-c6ccc(-c7ccc(N)cc7)cc6)cc5)C4=O)cc3)cc2)cc1. The highest BCUT2D eigenvalue weighted by atomic mass is 16.1. The largest absolute Gasteiger partial charge is 0.399 e. The number of nitrogen functional groups attached to an aromatic ring is 2. The molecule has 0 aliphatic heterocycles. The zero-order valence-electron chi connectivity index (χ0n) is 30.7. The van der Waals surface area contributed by atoms with Gasteiger partial charge in [0.25, 0.3) is 0 Å². The van der Waals surface area contributed by atoms with Gasteiger partial charge in [0.1, 0.15) is 0 Å². The molecule has 0 fully saturated rings. The summed E-state index contributed by atoms with van der Waals surface area (Å²) < 4.78 is 0. The number of ketones is 1. The quantitative estimate of drug-likeness (QED) is 0.154. The van der Waals surface area contributed by atoms with Crippen LogP contribution in [0.25, 0.3) is 66.8 Å². The van der Waals surface area contributed by atoms with E-state index >= 15 is 4.79 Å². The summed E-state index contributed by atoms with van der Waals surface area (Å²) in [5.74, 6) is 0.0175. The van der Waals surface area contributed by atoms with Crippen molar-refractivity contribution < 1.29 is 4.79 Å². The topological polar surface area (TPSA) is 69.1 Å². The number of hydrogen-bond acceptors (Lipinski definition) is 3. The second-order valence-corrected chi connectivity index (χ2v) is 14.1. The zero-order chi connectivity index (χ0) is 38.0. The normalized spacial score (nSPS) is 12.7. The smallest absolute Gasteiger partial charge is 0.195 e. The van der Waals surface area contributed by atoms with Gasteiger partial charge in [-0.15, -0.1) is 0 Å². The van der Waals surface area contributed by atoms with Crippen molar-refractivity contribution in [2.75, 3.05) is 11.5 Å². The predicted octanol–water partition coefficient (Wildman–Crippen LogP) is 12.6. The molecule has 0 unspecified atom stereocenters. The third-order valence-electron chi connectivity index (χ3n) is 10.6. The molecule has 56 heavy (non-hydrogen) atoms. The number of carbonyl (C=O) groups excluding carboxylic acids is 1. The standard InChI is InChI=1S/C53H38N2O/c54-47-31-27-41(28-32-47)37-15-11-35(12-16-37)39-19-23-45(24-20-39)51-49(43-7-3-1-4-8-43)50(44-9-5-2-6-10-44)52(53(51)56)46-25-21-40(22-26-46)36-13-17-38(18-14-36)42-29-33-48(55)34-30-42/h1-34H,54-55H2. The summed E-state index contributed by atoms with van der Waals surface area (Å²) in [5.41, 5.74) is 29.3. The molecule has 8 aromatic carbocycles. The Hall–Kier alpha value is -7.49. The molecular formula is C53H38N2O. The summed E-state index contributed by atoms with van der Waals surface area (Å²) in [4.78, 5) is 15.0. The van der Waals surface area contributed by atoms with Gasteiger partial charge in [0.05, 0.1) is 0 Å². The molecule has 8 aromatic rings. The molecule has 3 heteroatoms. The molecule has 0 saturated carbocycles. The van der Waals surface area contributed by atoms with Gasteiger partial charge in [0.15, 0.2) is 5.78 Å². The van der Waals surface area contributed by atoms with Crippen LogP contribution in [0, 0.1) is 0 Å². The van der Waals surface area contributed by atoms with Gasteiger partial charge in [-0.3, -0.25) is 4.79 Å². The summed E-state index contributed by atoms with van der Waals surface area (Å²) in [6.07, 6.45) is 0. The number of carbonyl (C=O) groups is 1. The summed E-state index contributed by atoms with van der Waals surface area (Å²) >= 11 is 0. The first-order valence-corrected chi connectivity index (χ1v) is 18.8. The number of allylic oxidation sites excluding steroid dienone is 4. The first-order valence-electron chi connectivity index (χ1n) is 18.8. The first kappa shape index (κ1) is 34.3. The van der Waals surface area contributed by atoms with E-state index in [1.165, 1.54) is 0 Å². The predicted molar refractivity (Wildman–Crippen MR) is 235 cm³/mol. The van der Waals surface area contributed by atoms with E-state index in [1.807, 2.05) is 84.9 Å². The molecule has 0 spiro atoms. The van der Waals surface area contributed by atoms with Gasteiger partial charge in [-0.25, -0.2) is 0 Å². The van der Waals surface area contributed by atoms with Crippen molar-refractivity contribution in [3.05, 3.63) is 229 Å². The molecule has 3 nitrogen and oxygen atoms in total. The Kier molecular flexibility index (Phi) is 9.02. The van der Waals surface area contributed by atoms with E-state index in [0.29, 0.717) is 11.1 Å². The molecule has 0 atom stereocenters. The van der Waals surface area contributed by atoms with Gasteiger partial charge >= 0.3 is 0 Å². The number of benzene rings is 8. The molecule has 4 N–H and O–H groups in total. The van der Waals surface area contributed by atoms with Gasteiger partial charge < -0.3 is 11.5 Å². The highest BCUT2D eigenvalue weighted by molar-refractivity contribution is 6.59. The fraction of sp³-hybridized carbons (Fsp3) is 0. The Bertz CT molecular complexity index is 2530. The zero-order valence-corrected chi connectivity index (χ0v) is 30.7. The molecular weight excluding hydrogens is 681 g/mol. The Balaban J connectivity index is 1.09. The maximum absolute atomic E-state index is 15.0. The van der Waals surface area contributed by atoms with Crippen LogP contribution in [0.2, 0.25) is 0 Å². The molecule has 266 valence electrons. The van der Waals surface area contributed by atoms with E-state index in [9.17, 15) is 0 Å². The molecule has 9 rings (SSSR count). The van der Waals surface area contributed by atoms with E-state index in [2.05, 4.69) is 121 Å². The molecule has 1 aliphatic rings. The van der Waals surface area contributed by atoms with E-state index in [4.69, 9.17) is 11.5 Å². The third-order valence-corrected chi connectivity index (χ3v) is 10.6. The van der Waals surface area contributed by atoms with Crippen LogP contribution < -0.4 is 11.5 Å². The number of anilines is 2. The fourth-order valence-corrected chi connectivity index (χ4v) is 7.66.